The van der Waals surface area contributed by atoms with Crippen molar-refractivity contribution in [2.75, 3.05) is 11.9 Å². The highest BCUT2D eigenvalue weighted by atomic mass is 19.1. The molecule has 0 spiro atoms. The summed E-state index contributed by atoms with van der Waals surface area (Å²) < 4.78 is 14.8. The van der Waals surface area contributed by atoms with E-state index in [1.165, 1.54) is 12.1 Å². The summed E-state index contributed by atoms with van der Waals surface area (Å²) in [6.45, 7) is 2.55. The van der Waals surface area contributed by atoms with Gasteiger partial charge in [-0.2, -0.15) is 0 Å². The maximum atomic E-state index is 13.1. The molecule has 11 heteroatoms. The predicted molar refractivity (Wildman–Crippen MR) is 137 cm³/mol. The first-order valence-electron chi connectivity index (χ1n) is 11.6. The molecule has 5 aromatic rings. The van der Waals surface area contributed by atoms with E-state index < -0.39 is 0 Å². The Morgan fingerprint density at radius 2 is 1.89 bits per heavy atom. The van der Waals surface area contributed by atoms with Gasteiger partial charge in [0.1, 0.15) is 23.4 Å². The van der Waals surface area contributed by atoms with Crippen LogP contribution in [0.25, 0.3) is 28.0 Å². The van der Waals surface area contributed by atoms with E-state index in [0.29, 0.717) is 34.9 Å². The number of hydrogen-bond donors (Lipinski definition) is 4. The highest BCUT2D eigenvalue weighted by Crippen LogP contribution is 2.30. The predicted octanol–water partition coefficient (Wildman–Crippen LogP) is 4.02. The lowest BCUT2D eigenvalue weighted by Gasteiger charge is -2.07. The topological polar surface area (TPSA) is 130 Å². The van der Waals surface area contributed by atoms with E-state index in [-0.39, 0.29) is 30.0 Å². The number of carbonyl (C=O) groups is 2. The number of rotatable bonds is 7. The Morgan fingerprint density at radius 1 is 1.05 bits per heavy atom. The van der Waals surface area contributed by atoms with Gasteiger partial charge in [0.15, 0.2) is 0 Å². The minimum absolute atomic E-state index is 0.227. The summed E-state index contributed by atoms with van der Waals surface area (Å²) in [7, 11) is 0. The van der Waals surface area contributed by atoms with Crippen molar-refractivity contribution in [2.24, 2.45) is 0 Å². The second-order valence-corrected chi connectivity index (χ2v) is 8.15. The van der Waals surface area contributed by atoms with Gasteiger partial charge >= 0.3 is 6.03 Å². The molecule has 10 nitrogen and oxygen atoms in total. The van der Waals surface area contributed by atoms with E-state index in [0.717, 1.165) is 11.1 Å². The molecule has 0 aliphatic carbocycles. The van der Waals surface area contributed by atoms with Crippen LogP contribution in [-0.2, 0) is 6.54 Å². The Hall–Kier alpha value is -5.06. The maximum absolute atomic E-state index is 13.1. The van der Waals surface area contributed by atoms with Crippen molar-refractivity contribution in [3.63, 3.8) is 0 Å². The normalized spacial score (nSPS) is 10.9. The van der Waals surface area contributed by atoms with Crippen LogP contribution in [0.3, 0.4) is 0 Å². The summed E-state index contributed by atoms with van der Waals surface area (Å²) in [4.78, 5) is 41.0. The number of halogens is 1. The van der Waals surface area contributed by atoms with Gasteiger partial charge in [0, 0.05) is 36.7 Å². The number of aromatic amines is 1. The smallest absolute Gasteiger partial charge is 0.321 e. The number of aromatic nitrogens is 5. The Morgan fingerprint density at radius 3 is 2.65 bits per heavy atom. The first-order valence-corrected chi connectivity index (χ1v) is 11.6. The SMILES string of the molecule is CCNC(=O)Nc1nc2c(-c3ccccn3)cc(-n3cnc(C(=O)NCc4ccc(F)cc4)c3)cc2[nH]1. The molecular weight excluding hydrogens is 475 g/mol. The van der Waals surface area contributed by atoms with Crippen LogP contribution in [-0.4, -0.2) is 43.0 Å². The van der Waals surface area contributed by atoms with Gasteiger partial charge in [-0.3, -0.25) is 15.1 Å². The van der Waals surface area contributed by atoms with Gasteiger partial charge in [0.2, 0.25) is 5.95 Å². The number of urea groups is 1. The van der Waals surface area contributed by atoms with Gasteiger partial charge in [0.25, 0.3) is 5.91 Å². The molecule has 0 fully saturated rings. The third kappa shape index (κ3) is 5.30. The van der Waals surface area contributed by atoms with Crippen molar-refractivity contribution < 1.29 is 14.0 Å². The van der Waals surface area contributed by atoms with E-state index >= 15 is 0 Å². The molecule has 0 aliphatic heterocycles. The highest BCUT2D eigenvalue weighted by molar-refractivity contribution is 5.96. The lowest BCUT2D eigenvalue weighted by atomic mass is 10.1. The fraction of sp³-hybridized carbons (Fsp3) is 0.115. The molecule has 0 radical (unpaired) electrons. The number of anilines is 1. The number of benzene rings is 2. The van der Waals surface area contributed by atoms with Gasteiger partial charge in [-0.15, -0.1) is 0 Å². The molecule has 2 aromatic carbocycles. The number of fused-ring (bicyclic) bond motifs is 1. The van der Waals surface area contributed by atoms with E-state index in [1.807, 2.05) is 37.3 Å². The number of nitrogens with zero attached hydrogens (tertiary/aromatic N) is 4. The molecule has 186 valence electrons. The molecule has 0 saturated carbocycles. The number of hydrogen-bond acceptors (Lipinski definition) is 5. The molecule has 0 aliphatic rings. The van der Waals surface area contributed by atoms with Crippen LogP contribution in [0, 0.1) is 5.82 Å². The van der Waals surface area contributed by atoms with Crippen molar-refractivity contribution in [2.45, 2.75) is 13.5 Å². The van der Waals surface area contributed by atoms with Gasteiger partial charge in [-0.25, -0.2) is 19.2 Å². The van der Waals surface area contributed by atoms with Crippen molar-refractivity contribution >= 4 is 28.9 Å². The van der Waals surface area contributed by atoms with E-state index in [9.17, 15) is 14.0 Å². The summed E-state index contributed by atoms with van der Waals surface area (Å²) in [5, 5.41) is 8.15. The average molecular weight is 499 g/mol. The summed E-state index contributed by atoms with van der Waals surface area (Å²) in [5.74, 6) is -0.397. The molecule has 0 bridgehead atoms. The largest absolute Gasteiger partial charge is 0.347 e. The van der Waals surface area contributed by atoms with E-state index in [2.05, 4.69) is 35.9 Å². The van der Waals surface area contributed by atoms with Crippen molar-refractivity contribution in [3.8, 4) is 16.9 Å². The lowest BCUT2D eigenvalue weighted by Crippen LogP contribution is -2.28. The average Bonchev–Trinajstić information content (AvgIpc) is 3.55. The van der Waals surface area contributed by atoms with Gasteiger partial charge in [-0.05, 0) is 48.9 Å². The van der Waals surface area contributed by atoms with Gasteiger partial charge in [0.05, 0.1) is 11.2 Å². The Bertz CT molecular complexity index is 1560. The Labute approximate surface area is 211 Å². The molecule has 37 heavy (non-hydrogen) atoms. The number of H-pyrrole nitrogens is 1. The minimum atomic E-state index is -0.368. The van der Waals surface area contributed by atoms with Crippen LogP contribution in [0.2, 0.25) is 0 Å². The number of amides is 3. The fourth-order valence-electron chi connectivity index (χ4n) is 3.80. The zero-order valence-corrected chi connectivity index (χ0v) is 19.8. The van der Waals surface area contributed by atoms with Crippen LogP contribution in [0.4, 0.5) is 15.1 Å². The number of pyridine rings is 1. The maximum Gasteiger partial charge on any atom is 0.321 e. The monoisotopic (exact) mass is 498 g/mol. The van der Waals surface area contributed by atoms with Crippen molar-refractivity contribution in [3.05, 3.63) is 90.4 Å². The third-order valence-corrected chi connectivity index (χ3v) is 5.56. The first-order chi connectivity index (χ1) is 18.0. The number of carbonyl (C=O) groups excluding carboxylic acids is 2. The van der Waals surface area contributed by atoms with Crippen LogP contribution in [0.15, 0.2) is 73.3 Å². The lowest BCUT2D eigenvalue weighted by molar-refractivity contribution is 0.0946. The number of imidazole rings is 2. The second kappa shape index (κ2) is 10.3. The van der Waals surface area contributed by atoms with Crippen LogP contribution >= 0.6 is 0 Å². The van der Waals surface area contributed by atoms with Crippen LogP contribution < -0.4 is 16.0 Å². The summed E-state index contributed by atoms with van der Waals surface area (Å²) >= 11 is 0. The standard InChI is InChI=1S/C26H23FN8O2/c1-2-28-26(37)34-25-32-21-12-18(11-19(23(21)33-25)20-5-3-4-10-29-20)35-14-22(31-15-35)24(36)30-13-16-6-8-17(27)9-7-16/h3-12,14-15H,2,13H2,1H3,(H,30,36)(H3,28,32,33,34,37). The molecule has 5 rings (SSSR count). The quantitative estimate of drug-likeness (QED) is 0.269. The van der Waals surface area contributed by atoms with E-state index in [1.54, 1.807) is 35.4 Å². The van der Waals surface area contributed by atoms with E-state index in [4.69, 9.17) is 0 Å². The molecule has 3 aromatic heterocycles. The van der Waals surface area contributed by atoms with Crippen LogP contribution in [0.1, 0.15) is 23.0 Å². The first kappa shape index (κ1) is 23.7. The Balaban J connectivity index is 1.44. The Kier molecular flexibility index (Phi) is 6.58. The van der Waals surface area contributed by atoms with Crippen molar-refractivity contribution in [1.29, 1.82) is 0 Å². The molecule has 3 amide bonds. The van der Waals surface area contributed by atoms with Crippen LogP contribution in [0.5, 0.6) is 0 Å². The summed E-state index contributed by atoms with van der Waals surface area (Å²) in [6, 6.07) is 14.9. The summed E-state index contributed by atoms with van der Waals surface area (Å²) in [6.07, 6.45) is 4.85. The zero-order chi connectivity index (χ0) is 25.8. The third-order valence-electron chi connectivity index (χ3n) is 5.56. The van der Waals surface area contributed by atoms with Crippen molar-refractivity contribution in [1.82, 2.24) is 35.1 Å². The molecule has 0 saturated heterocycles. The molecule has 4 N–H and O–H groups in total. The number of nitrogens with one attached hydrogen (secondary N) is 4. The molecule has 3 heterocycles. The van der Waals surface area contributed by atoms with Gasteiger partial charge in [-0.1, -0.05) is 18.2 Å². The summed E-state index contributed by atoms with van der Waals surface area (Å²) in [5.41, 5.74) is 4.45. The molecule has 0 unspecified atom stereocenters. The minimum Gasteiger partial charge on any atom is -0.347 e. The fourth-order valence-corrected chi connectivity index (χ4v) is 3.80. The second-order valence-electron chi connectivity index (χ2n) is 8.15. The van der Waals surface area contributed by atoms with Gasteiger partial charge < -0.3 is 20.2 Å². The zero-order valence-electron chi connectivity index (χ0n) is 19.8. The highest BCUT2D eigenvalue weighted by Gasteiger charge is 2.16. The molecule has 0 atom stereocenters. The molecular formula is C26H23FN8O2.